The summed E-state index contributed by atoms with van der Waals surface area (Å²) >= 11 is 5.80. The molecule has 0 aromatic carbocycles. The van der Waals surface area contributed by atoms with Crippen LogP contribution < -0.4 is 5.32 Å². The van der Waals surface area contributed by atoms with Crippen LogP contribution in [0.4, 0.5) is 0 Å². The van der Waals surface area contributed by atoms with Gasteiger partial charge in [0.25, 0.3) is 0 Å². The summed E-state index contributed by atoms with van der Waals surface area (Å²) in [5.41, 5.74) is 0.647. The predicted molar refractivity (Wildman–Crippen MR) is 68.8 cm³/mol. The Morgan fingerprint density at radius 1 is 1.47 bits per heavy atom. The van der Waals surface area contributed by atoms with Crippen LogP contribution in [0.5, 0.6) is 0 Å². The molecule has 0 atom stereocenters. The van der Waals surface area contributed by atoms with E-state index in [0.717, 1.165) is 0 Å². The van der Waals surface area contributed by atoms with E-state index in [-0.39, 0.29) is 24.1 Å². The van der Waals surface area contributed by atoms with Gasteiger partial charge in [0.1, 0.15) is 0 Å². The zero-order valence-corrected chi connectivity index (χ0v) is 11.7. The van der Waals surface area contributed by atoms with Gasteiger partial charge >= 0.3 is 5.97 Å². The van der Waals surface area contributed by atoms with Crippen LogP contribution in [0, 0.1) is 0 Å². The smallest absolute Gasteiger partial charge is 0.360 e. The van der Waals surface area contributed by atoms with Crippen LogP contribution in [0.1, 0.15) is 35.9 Å². The number of rotatable bonds is 7. The van der Waals surface area contributed by atoms with Crippen molar-refractivity contribution >= 4 is 23.5 Å². The highest BCUT2D eigenvalue weighted by Gasteiger charge is 2.19. The van der Waals surface area contributed by atoms with Crippen molar-refractivity contribution in [2.75, 3.05) is 13.7 Å². The van der Waals surface area contributed by atoms with E-state index >= 15 is 0 Å². The minimum absolute atomic E-state index is 0.0434. The van der Waals surface area contributed by atoms with Gasteiger partial charge in [-0.3, -0.25) is 4.79 Å². The molecule has 19 heavy (non-hydrogen) atoms. The summed E-state index contributed by atoms with van der Waals surface area (Å²) in [6, 6.07) is 0. The summed E-state index contributed by atoms with van der Waals surface area (Å²) in [7, 11) is 1.58. The zero-order chi connectivity index (χ0) is 14.3. The number of ether oxygens (including phenoxy) is 1. The van der Waals surface area contributed by atoms with E-state index in [1.807, 2.05) is 0 Å². The molecule has 1 amide bonds. The van der Waals surface area contributed by atoms with Crippen LogP contribution >= 0.6 is 11.6 Å². The topological polar surface area (TPSA) is 86.1 Å². The summed E-state index contributed by atoms with van der Waals surface area (Å²) in [6.07, 6.45) is 0.974. The van der Waals surface area contributed by atoms with Crippen molar-refractivity contribution in [3.63, 3.8) is 0 Å². The quantitative estimate of drug-likeness (QED) is 0.590. The number of nitrogens with zero attached hydrogens (tertiary/aromatic N) is 3. The molecule has 0 aliphatic heterocycles. The summed E-state index contributed by atoms with van der Waals surface area (Å²) in [5, 5.41) is 10.2. The highest BCUT2D eigenvalue weighted by molar-refractivity contribution is 6.17. The third-order valence-electron chi connectivity index (χ3n) is 2.49. The molecule has 0 unspecified atom stereocenters. The van der Waals surface area contributed by atoms with E-state index in [4.69, 9.17) is 16.3 Å². The Balaban J connectivity index is 2.69. The molecule has 7 nitrogen and oxygen atoms in total. The number of alkyl halides is 1. The third kappa shape index (κ3) is 4.20. The molecule has 1 rings (SSSR count). The first-order valence-corrected chi connectivity index (χ1v) is 6.53. The fraction of sp³-hybridized carbons (Fsp3) is 0.636. The van der Waals surface area contributed by atoms with Crippen LogP contribution in [-0.2, 0) is 22.0 Å². The third-order valence-corrected chi connectivity index (χ3v) is 2.74. The minimum Gasteiger partial charge on any atom is -0.461 e. The summed E-state index contributed by atoms with van der Waals surface area (Å²) in [6.45, 7) is 2.46. The molecule has 1 N–H and O–H groups in total. The molecule has 0 fully saturated rings. The number of esters is 1. The van der Waals surface area contributed by atoms with Gasteiger partial charge in [0.15, 0.2) is 5.69 Å². The van der Waals surface area contributed by atoms with Gasteiger partial charge < -0.3 is 10.1 Å². The van der Waals surface area contributed by atoms with Gasteiger partial charge in [0.2, 0.25) is 5.91 Å². The first-order valence-electron chi connectivity index (χ1n) is 6.00. The first kappa shape index (κ1) is 15.4. The molecular formula is C11H17ClN4O3. The lowest BCUT2D eigenvalue weighted by atomic mass is 10.3. The number of carbonyl (C=O) groups is 2. The Labute approximate surface area is 116 Å². The van der Waals surface area contributed by atoms with Crippen molar-refractivity contribution in [3.05, 3.63) is 11.4 Å². The van der Waals surface area contributed by atoms with Crippen molar-refractivity contribution in [3.8, 4) is 0 Å². The fourth-order valence-electron chi connectivity index (χ4n) is 1.52. The molecular weight excluding hydrogens is 272 g/mol. The number of aryl methyl sites for hydroxylation is 1. The number of hydrogen-bond acceptors (Lipinski definition) is 5. The summed E-state index contributed by atoms with van der Waals surface area (Å²) < 4.78 is 6.40. The zero-order valence-electron chi connectivity index (χ0n) is 11.0. The van der Waals surface area contributed by atoms with Crippen molar-refractivity contribution in [1.29, 1.82) is 0 Å². The summed E-state index contributed by atoms with van der Waals surface area (Å²) in [4.78, 5) is 22.7. The second-order valence-corrected chi connectivity index (χ2v) is 4.01. The van der Waals surface area contributed by atoms with Gasteiger partial charge in [-0.05, 0) is 13.3 Å². The average molecular weight is 289 g/mol. The van der Waals surface area contributed by atoms with E-state index in [1.54, 1.807) is 14.0 Å². The summed E-state index contributed by atoms with van der Waals surface area (Å²) in [5.74, 6) is -0.463. The monoisotopic (exact) mass is 288 g/mol. The second-order valence-electron chi connectivity index (χ2n) is 3.74. The van der Waals surface area contributed by atoms with Crippen LogP contribution in [0.2, 0.25) is 0 Å². The molecule has 0 saturated heterocycles. The maximum Gasteiger partial charge on any atom is 0.360 e. The molecule has 0 bridgehead atoms. The Kier molecular flexibility index (Phi) is 6.27. The number of halogens is 1. The van der Waals surface area contributed by atoms with Crippen molar-refractivity contribution < 1.29 is 14.3 Å². The van der Waals surface area contributed by atoms with E-state index in [9.17, 15) is 9.59 Å². The Bertz CT molecular complexity index is 447. The Morgan fingerprint density at radius 2 is 2.21 bits per heavy atom. The van der Waals surface area contributed by atoms with Crippen molar-refractivity contribution in [2.24, 2.45) is 0 Å². The normalized spacial score (nSPS) is 10.3. The van der Waals surface area contributed by atoms with Crippen LogP contribution in [0.3, 0.4) is 0 Å². The van der Waals surface area contributed by atoms with E-state index in [0.29, 0.717) is 25.1 Å². The SMILES string of the molecule is CCOC(=O)c1nnn(CCCC(=O)NC)c1CCl. The lowest BCUT2D eigenvalue weighted by molar-refractivity contribution is -0.120. The molecule has 1 aromatic heterocycles. The molecule has 0 aliphatic carbocycles. The largest absolute Gasteiger partial charge is 0.461 e. The minimum atomic E-state index is -0.532. The maximum absolute atomic E-state index is 11.6. The highest BCUT2D eigenvalue weighted by Crippen LogP contribution is 2.11. The first-order chi connectivity index (χ1) is 9.13. The lowest BCUT2D eigenvalue weighted by Gasteiger charge is -2.05. The Hall–Kier alpha value is -1.63. The van der Waals surface area contributed by atoms with Gasteiger partial charge in [-0.2, -0.15) is 0 Å². The van der Waals surface area contributed by atoms with Gasteiger partial charge in [-0.1, -0.05) is 5.21 Å². The molecule has 0 aliphatic rings. The number of carbonyl (C=O) groups excluding carboxylic acids is 2. The lowest BCUT2D eigenvalue weighted by Crippen LogP contribution is -2.18. The van der Waals surface area contributed by atoms with Crippen LogP contribution in [-0.4, -0.2) is 40.5 Å². The molecule has 0 radical (unpaired) electrons. The molecule has 1 aromatic rings. The fourth-order valence-corrected chi connectivity index (χ4v) is 1.78. The van der Waals surface area contributed by atoms with Crippen LogP contribution in [0.15, 0.2) is 0 Å². The van der Waals surface area contributed by atoms with E-state index < -0.39 is 5.97 Å². The maximum atomic E-state index is 11.6. The van der Waals surface area contributed by atoms with Gasteiger partial charge in [0, 0.05) is 20.0 Å². The van der Waals surface area contributed by atoms with E-state index in [1.165, 1.54) is 4.68 Å². The van der Waals surface area contributed by atoms with Crippen molar-refractivity contribution in [2.45, 2.75) is 32.2 Å². The number of amides is 1. The predicted octanol–water partition coefficient (Wildman–Crippen LogP) is 0.720. The van der Waals surface area contributed by atoms with Gasteiger partial charge in [0.05, 0.1) is 18.2 Å². The molecule has 0 saturated carbocycles. The number of nitrogens with one attached hydrogen (secondary N) is 1. The average Bonchev–Trinajstić information content (AvgIpc) is 2.81. The molecule has 106 valence electrons. The Morgan fingerprint density at radius 3 is 2.79 bits per heavy atom. The highest BCUT2D eigenvalue weighted by atomic mass is 35.5. The van der Waals surface area contributed by atoms with Gasteiger partial charge in [-0.25, -0.2) is 9.48 Å². The van der Waals surface area contributed by atoms with E-state index in [2.05, 4.69) is 15.6 Å². The number of hydrogen-bond donors (Lipinski definition) is 1. The second kappa shape index (κ2) is 7.73. The standard InChI is InChI=1S/C11H17ClN4O3/c1-3-19-11(18)10-8(7-12)16(15-14-10)6-4-5-9(17)13-2/h3-7H2,1-2H3,(H,13,17). The van der Waals surface area contributed by atoms with Gasteiger partial charge in [-0.15, -0.1) is 16.7 Å². The molecule has 8 heteroatoms. The molecule has 1 heterocycles. The number of aromatic nitrogens is 3. The molecule has 0 spiro atoms. The van der Waals surface area contributed by atoms with Crippen molar-refractivity contribution in [1.82, 2.24) is 20.3 Å². The van der Waals surface area contributed by atoms with Crippen LogP contribution in [0.25, 0.3) is 0 Å².